The van der Waals surface area contributed by atoms with Gasteiger partial charge < -0.3 is 18.8 Å². The number of hydrogen-bond donors (Lipinski definition) is 0. The summed E-state index contributed by atoms with van der Waals surface area (Å²) in [6, 6.07) is 43.4. The van der Waals surface area contributed by atoms with Crippen LogP contribution in [0, 0.1) is 0 Å². The zero-order valence-electron chi connectivity index (χ0n) is 26.0. The predicted octanol–water partition coefficient (Wildman–Crippen LogP) is 9.66. The van der Waals surface area contributed by atoms with Gasteiger partial charge in [-0.05, 0) is 78.2 Å². The lowest BCUT2D eigenvalue weighted by Crippen LogP contribution is -2.57. The van der Waals surface area contributed by atoms with E-state index >= 15 is 0 Å². The molecule has 6 aromatic carbocycles. The molecule has 0 unspecified atom stereocenters. The highest BCUT2D eigenvalue weighted by molar-refractivity contribution is 8.00. The number of ether oxygens (including phenoxy) is 2. The lowest BCUT2D eigenvalue weighted by molar-refractivity contribution is 0.363. The van der Waals surface area contributed by atoms with Crippen LogP contribution in [0.3, 0.4) is 0 Å². The van der Waals surface area contributed by atoms with Gasteiger partial charge in [-0.1, -0.05) is 90.0 Å². The highest BCUT2D eigenvalue weighted by Gasteiger charge is 2.40. The van der Waals surface area contributed by atoms with Crippen molar-refractivity contribution in [1.82, 2.24) is 0 Å². The molecule has 0 N–H and O–H groups in total. The molecule has 11 rings (SSSR count). The normalized spacial score (nSPS) is 15.7. The lowest BCUT2D eigenvalue weighted by atomic mass is 9.35. The Labute approximate surface area is 282 Å². The maximum atomic E-state index is 6.80. The van der Waals surface area contributed by atoms with Gasteiger partial charge in [0.05, 0.1) is 11.4 Å². The predicted molar refractivity (Wildman–Crippen MR) is 196 cm³/mol. The fraction of sp³-hybridized carbons (Fsp3) is 0.0952. The second-order valence-corrected chi connectivity index (χ2v) is 14.1. The molecule has 1 aromatic heterocycles. The molecular weight excluding hydrogens is 609 g/mol. The Balaban J connectivity index is 1.08. The van der Waals surface area contributed by atoms with Crippen LogP contribution in [0.5, 0.6) is 17.2 Å². The molecule has 4 heterocycles. The summed E-state index contributed by atoms with van der Waals surface area (Å²) >= 11 is 1.83. The quantitative estimate of drug-likeness (QED) is 0.176. The molecule has 0 atom stereocenters. The van der Waals surface area contributed by atoms with Gasteiger partial charge in [-0.3, -0.25) is 0 Å². The van der Waals surface area contributed by atoms with Crippen molar-refractivity contribution in [3.05, 3.63) is 133 Å². The van der Waals surface area contributed by atoms with Gasteiger partial charge in [-0.25, -0.2) is 0 Å². The SMILES string of the molecule is c1ccc2c(c1)OC1=C(CCCC1)N2c1ccc2c(c1)Oc1cccc3c1B2c1cc(-c2cccc4c2oc2ccccc24)ccc1S3. The molecule has 228 valence electrons. The molecule has 0 bridgehead atoms. The van der Waals surface area contributed by atoms with Gasteiger partial charge in [0, 0.05) is 44.3 Å². The van der Waals surface area contributed by atoms with Gasteiger partial charge in [0.2, 0.25) is 0 Å². The monoisotopic (exact) mass is 637 g/mol. The molecule has 4 nitrogen and oxygen atoms in total. The summed E-state index contributed by atoms with van der Waals surface area (Å²) in [6.45, 7) is 0.0570. The molecule has 0 amide bonds. The summed E-state index contributed by atoms with van der Waals surface area (Å²) in [5.41, 5.74) is 11.3. The fourth-order valence-corrected chi connectivity index (χ4v) is 9.35. The van der Waals surface area contributed by atoms with Gasteiger partial charge in [0.25, 0.3) is 6.71 Å². The van der Waals surface area contributed by atoms with Crippen LogP contribution in [0.1, 0.15) is 25.7 Å². The minimum Gasteiger partial charge on any atom is -0.458 e. The first kappa shape index (κ1) is 26.7. The molecule has 6 heteroatoms. The van der Waals surface area contributed by atoms with Crippen molar-refractivity contribution in [2.45, 2.75) is 35.5 Å². The van der Waals surface area contributed by atoms with E-state index in [2.05, 4.69) is 120 Å². The molecule has 3 aliphatic heterocycles. The second-order valence-electron chi connectivity index (χ2n) is 13.0. The lowest BCUT2D eigenvalue weighted by Gasteiger charge is -2.38. The molecule has 7 aromatic rings. The molecule has 1 aliphatic carbocycles. The molecule has 4 aliphatic rings. The van der Waals surface area contributed by atoms with Crippen LogP contribution in [0.2, 0.25) is 0 Å². The standard InChI is InChI=1S/C42H28BNO3S/c1-4-14-34-28(9-1)29-11-7-10-27(42(29)47-34)25-19-22-39-31(23-25)43-30-21-20-26(24-38(30)46-37-17-8-18-40(48-39)41(37)43)44-32-12-2-5-15-35(32)45-36-16-6-3-13-33(36)44/h1-2,4-5,7-12,14-15,17-24H,3,6,13,16H2. The highest BCUT2D eigenvalue weighted by Crippen LogP contribution is 2.47. The van der Waals surface area contributed by atoms with E-state index in [0.29, 0.717) is 0 Å². The molecular formula is C42H28BNO3S. The number of nitrogens with zero attached hydrogens (tertiary/aromatic N) is 1. The first-order valence-corrected chi connectivity index (χ1v) is 17.6. The Morgan fingerprint density at radius 2 is 1.48 bits per heavy atom. The fourth-order valence-electron chi connectivity index (χ4n) is 8.21. The van der Waals surface area contributed by atoms with Crippen molar-refractivity contribution in [1.29, 1.82) is 0 Å². The van der Waals surface area contributed by atoms with Gasteiger partial charge in [0.1, 0.15) is 28.4 Å². The maximum absolute atomic E-state index is 6.80. The van der Waals surface area contributed by atoms with E-state index in [1.54, 1.807) is 0 Å². The largest absolute Gasteiger partial charge is 0.458 e. The van der Waals surface area contributed by atoms with Crippen LogP contribution in [-0.4, -0.2) is 6.71 Å². The third kappa shape index (κ3) is 3.81. The number of allylic oxidation sites excluding steroid dienone is 2. The smallest absolute Gasteiger partial charge is 0.253 e. The average molecular weight is 638 g/mol. The van der Waals surface area contributed by atoms with Crippen molar-refractivity contribution >= 4 is 68.2 Å². The van der Waals surface area contributed by atoms with Crippen LogP contribution in [0.25, 0.3) is 33.1 Å². The Bertz CT molecular complexity index is 2530. The molecule has 48 heavy (non-hydrogen) atoms. The first-order valence-electron chi connectivity index (χ1n) is 16.7. The van der Waals surface area contributed by atoms with Crippen LogP contribution in [0.4, 0.5) is 11.4 Å². The van der Waals surface area contributed by atoms with E-state index < -0.39 is 0 Å². The molecule has 0 spiro atoms. The van der Waals surface area contributed by atoms with Gasteiger partial charge >= 0.3 is 0 Å². The zero-order valence-corrected chi connectivity index (χ0v) is 26.8. The number of benzene rings is 6. The van der Waals surface area contributed by atoms with Crippen molar-refractivity contribution in [3.63, 3.8) is 0 Å². The van der Waals surface area contributed by atoms with E-state index in [-0.39, 0.29) is 6.71 Å². The number of fused-ring (bicyclic) bond motifs is 8. The van der Waals surface area contributed by atoms with Crippen LogP contribution >= 0.6 is 11.8 Å². The summed E-state index contributed by atoms with van der Waals surface area (Å²) in [5.74, 6) is 3.85. The van der Waals surface area contributed by atoms with Crippen molar-refractivity contribution in [3.8, 4) is 28.4 Å². The number of hydrogen-bond acceptors (Lipinski definition) is 5. The summed E-state index contributed by atoms with van der Waals surface area (Å²) in [4.78, 5) is 4.94. The zero-order chi connectivity index (χ0) is 31.3. The summed E-state index contributed by atoms with van der Waals surface area (Å²) in [7, 11) is 0. The van der Waals surface area contributed by atoms with E-state index in [4.69, 9.17) is 13.9 Å². The molecule has 0 saturated carbocycles. The number of para-hydroxylation sites is 4. The maximum Gasteiger partial charge on any atom is 0.253 e. The van der Waals surface area contributed by atoms with E-state index in [1.807, 2.05) is 17.8 Å². The third-order valence-electron chi connectivity index (χ3n) is 10.4. The molecule has 0 saturated heterocycles. The van der Waals surface area contributed by atoms with E-state index in [1.165, 1.54) is 38.3 Å². The highest BCUT2D eigenvalue weighted by atomic mass is 32.2. The number of rotatable bonds is 2. The van der Waals surface area contributed by atoms with Crippen LogP contribution < -0.4 is 30.8 Å². The van der Waals surface area contributed by atoms with Crippen LogP contribution in [-0.2, 0) is 0 Å². The topological polar surface area (TPSA) is 34.8 Å². The number of anilines is 2. The third-order valence-corrected chi connectivity index (χ3v) is 11.5. The Morgan fingerprint density at radius 3 is 2.48 bits per heavy atom. The van der Waals surface area contributed by atoms with Crippen molar-refractivity contribution in [2.75, 3.05) is 4.90 Å². The second kappa shape index (κ2) is 10.1. The van der Waals surface area contributed by atoms with E-state index in [9.17, 15) is 0 Å². The summed E-state index contributed by atoms with van der Waals surface area (Å²) < 4.78 is 19.7. The molecule has 0 radical (unpaired) electrons. The first-order chi connectivity index (χ1) is 23.8. The minimum absolute atomic E-state index is 0.0570. The van der Waals surface area contributed by atoms with Gasteiger partial charge in [-0.2, -0.15) is 0 Å². The Hall–Kier alpha value is -5.33. The average Bonchev–Trinajstić information content (AvgIpc) is 3.52. The summed E-state index contributed by atoms with van der Waals surface area (Å²) in [5, 5.41) is 2.29. The van der Waals surface area contributed by atoms with Crippen molar-refractivity contribution in [2.24, 2.45) is 0 Å². The van der Waals surface area contributed by atoms with Gasteiger partial charge in [0.15, 0.2) is 5.75 Å². The number of furan rings is 1. The summed E-state index contributed by atoms with van der Waals surface area (Å²) in [6.07, 6.45) is 4.30. The Kier molecular flexibility index (Phi) is 5.61. The van der Waals surface area contributed by atoms with Crippen LogP contribution in [0.15, 0.2) is 147 Å². The van der Waals surface area contributed by atoms with Gasteiger partial charge in [-0.15, -0.1) is 0 Å². The van der Waals surface area contributed by atoms with E-state index in [0.717, 1.165) is 86.7 Å². The molecule has 0 fully saturated rings. The van der Waals surface area contributed by atoms with Crippen molar-refractivity contribution < 1.29 is 13.9 Å². The minimum atomic E-state index is 0.0570. The Morgan fingerprint density at radius 1 is 0.625 bits per heavy atom.